The highest BCUT2D eigenvalue weighted by Crippen LogP contribution is 2.45. The number of esters is 1. The molecular formula is C8H12Cl3NO3. The van der Waals surface area contributed by atoms with E-state index in [-0.39, 0.29) is 0 Å². The van der Waals surface area contributed by atoms with Crippen LogP contribution in [0, 0.1) is 0 Å². The Morgan fingerprint density at radius 3 is 2.07 bits per heavy atom. The zero-order chi connectivity index (χ0) is 12.0. The quantitative estimate of drug-likeness (QED) is 0.453. The summed E-state index contributed by atoms with van der Waals surface area (Å²) >= 11 is 16.7. The zero-order valence-electron chi connectivity index (χ0n) is 8.50. The van der Waals surface area contributed by atoms with Crippen LogP contribution >= 0.6 is 34.8 Å². The van der Waals surface area contributed by atoms with Gasteiger partial charge in [0, 0.05) is 0 Å². The van der Waals surface area contributed by atoms with E-state index in [9.17, 15) is 10.0 Å². The SMILES string of the molecule is CC(C)(C)OC(=O)C1C(C(Cl)(Cl)Cl)N1O. The van der Waals surface area contributed by atoms with Gasteiger partial charge in [0.15, 0.2) is 6.04 Å². The molecule has 0 aliphatic carbocycles. The highest BCUT2D eigenvalue weighted by molar-refractivity contribution is 6.68. The number of rotatable bonds is 1. The van der Waals surface area contributed by atoms with Crippen molar-refractivity contribution in [2.24, 2.45) is 0 Å². The van der Waals surface area contributed by atoms with Crippen molar-refractivity contribution in [1.82, 2.24) is 5.06 Å². The van der Waals surface area contributed by atoms with Gasteiger partial charge in [-0.2, -0.15) is 5.06 Å². The highest BCUT2D eigenvalue weighted by Gasteiger charge is 2.63. The van der Waals surface area contributed by atoms with Crippen LogP contribution in [0.4, 0.5) is 0 Å². The molecule has 0 radical (unpaired) electrons. The Morgan fingerprint density at radius 2 is 1.80 bits per heavy atom. The molecular weight excluding hydrogens is 264 g/mol. The first-order chi connectivity index (χ1) is 6.54. The van der Waals surface area contributed by atoms with E-state index in [2.05, 4.69) is 0 Å². The van der Waals surface area contributed by atoms with Gasteiger partial charge < -0.3 is 9.94 Å². The molecule has 4 nitrogen and oxygen atoms in total. The third-order valence-corrected chi connectivity index (χ3v) is 2.43. The van der Waals surface area contributed by atoms with Crippen molar-refractivity contribution in [3.63, 3.8) is 0 Å². The summed E-state index contributed by atoms with van der Waals surface area (Å²) < 4.78 is 3.34. The fraction of sp³-hybridized carbons (Fsp3) is 0.875. The molecule has 15 heavy (non-hydrogen) atoms. The number of carbonyl (C=O) groups is 1. The fourth-order valence-electron chi connectivity index (χ4n) is 1.15. The first kappa shape index (κ1) is 13.3. The molecule has 0 saturated carbocycles. The molecule has 0 bridgehead atoms. The predicted molar refractivity (Wildman–Crippen MR) is 57.3 cm³/mol. The molecule has 0 aromatic heterocycles. The van der Waals surface area contributed by atoms with Gasteiger partial charge in [0.25, 0.3) is 0 Å². The Morgan fingerprint density at radius 1 is 1.33 bits per heavy atom. The average molecular weight is 277 g/mol. The molecule has 3 unspecified atom stereocenters. The van der Waals surface area contributed by atoms with Crippen LogP contribution in [0.25, 0.3) is 0 Å². The second-order valence-electron chi connectivity index (χ2n) is 4.34. The molecule has 7 heteroatoms. The maximum atomic E-state index is 11.5. The number of hydrogen-bond donors (Lipinski definition) is 1. The van der Waals surface area contributed by atoms with E-state index in [1.807, 2.05) is 0 Å². The normalized spacial score (nSPS) is 31.3. The molecule has 0 spiro atoms. The molecule has 3 atom stereocenters. The minimum atomic E-state index is -1.70. The van der Waals surface area contributed by atoms with Crippen LogP contribution in [0.1, 0.15) is 20.8 Å². The minimum Gasteiger partial charge on any atom is -0.459 e. The van der Waals surface area contributed by atoms with E-state index in [1.54, 1.807) is 20.8 Å². The summed E-state index contributed by atoms with van der Waals surface area (Å²) in [5.41, 5.74) is -0.626. The van der Waals surface area contributed by atoms with E-state index in [0.717, 1.165) is 0 Å². The van der Waals surface area contributed by atoms with E-state index in [1.165, 1.54) is 0 Å². The van der Waals surface area contributed by atoms with Crippen LogP contribution < -0.4 is 0 Å². The second-order valence-corrected chi connectivity index (χ2v) is 6.71. The smallest absolute Gasteiger partial charge is 0.328 e. The van der Waals surface area contributed by atoms with Gasteiger partial charge in [0.05, 0.1) is 0 Å². The van der Waals surface area contributed by atoms with Crippen molar-refractivity contribution in [3.05, 3.63) is 0 Å². The Bertz CT molecular complexity index is 271. The molecule has 1 aliphatic heterocycles. The van der Waals surface area contributed by atoms with E-state index >= 15 is 0 Å². The van der Waals surface area contributed by atoms with Gasteiger partial charge in [-0.1, -0.05) is 34.8 Å². The van der Waals surface area contributed by atoms with Crippen LogP contribution in [-0.4, -0.2) is 37.7 Å². The lowest BCUT2D eigenvalue weighted by Gasteiger charge is -2.19. The number of carbonyl (C=O) groups excluding carboxylic acids is 1. The first-order valence-corrected chi connectivity index (χ1v) is 5.44. The number of hydrogen-bond acceptors (Lipinski definition) is 4. The zero-order valence-corrected chi connectivity index (χ0v) is 10.8. The van der Waals surface area contributed by atoms with Crippen LogP contribution in [0.2, 0.25) is 0 Å². The Hall–Kier alpha value is 0.260. The van der Waals surface area contributed by atoms with Crippen LogP contribution in [0.5, 0.6) is 0 Å². The van der Waals surface area contributed by atoms with Gasteiger partial charge in [-0.05, 0) is 20.8 Å². The summed E-state index contributed by atoms with van der Waals surface area (Å²) in [6, 6.07) is -1.73. The van der Waals surface area contributed by atoms with Crippen LogP contribution in [0.15, 0.2) is 0 Å². The summed E-state index contributed by atoms with van der Waals surface area (Å²) in [5.74, 6) is -0.596. The maximum Gasteiger partial charge on any atom is 0.328 e. The summed E-state index contributed by atoms with van der Waals surface area (Å²) in [6.07, 6.45) is 0. The van der Waals surface area contributed by atoms with Crippen molar-refractivity contribution >= 4 is 40.8 Å². The lowest BCUT2D eigenvalue weighted by Crippen LogP contribution is -2.29. The molecule has 1 saturated heterocycles. The topological polar surface area (TPSA) is 49.5 Å². The number of ether oxygens (including phenoxy) is 1. The van der Waals surface area contributed by atoms with Crippen molar-refractivity contribution in [2.45, 2.75) is 42.2 Å². The maximum absolute atomic E-state index is 11.5. The van der Waals surface area contributed by atoms with Gasteiger partial charge in [0.2, 0.25) is 3.79 Å². The van der Waals surface area contributed by atoms with E-state index in [0.29, 0.717) is 5.06 Å². The number of nitrogens with zero attached hydrogens (tertiary/aromatic N) is 1. The standard InChI is InChI=1S/C8H12Cl3NO3/c1-7(2,3)15-6(13)4-5(12(4)14)8(9,10)11/h4-5,14H,1-3H3. The van der Waals surface area contributed by atoms with Crippen LogP contribution in [0.3, 0.4) is 0 Å². The van der Waals surface area contributed by atoms with E-state index < -0.39 is 27.4 Å². The molecule has 0 aromatic carbocycles. The number of halogens is 3. The van der Waals surface area contributed by atoms with Gasteiger partial charge in [-0.25, -0.2) is 0 Å². The van der Waals surface area contributed by atoms with Crippen molar-refractivity contribution in [2.75, 3.05) is 0 Å². The van der Waals surface area contributed by atoms with Crippen molar-refractivity contribution < 1.29 is 14.7 Å². The Balaban J connectivity index is 2.59. The third kappa shape index (κ3) is 3.36. The molecule has 1 N–H and O–H groups in total. The van der Waals surface area contributed by atoms with E-state index in [4.69, 9.17) is 39.5 Å². The fourth-order valence-corrected chi connectivity index (χ4v) is 1.81. The Kier molecular flexibility index (Phi) is 3.49. The first-order valence-electron chi connectivity index (χ1n) is 4.31. The molecule has 1 aliphatic rings. The van der Waals surface area contributed by atoms with Crippen molar-refractivity contribution in [1.29, 1.82) is 0 Å². The van der Waals surface area contributed by atoms with Gasteiger partial charge in [-0.15, -0.1) is 0 Å². The van der Waals surface area contributed by atoms with Crippen molar-refractivity contribution in [3.8, 4) is 0 Å². The summed E-state index contributed by atoms with van der Waals surface area (Å²) in [6.45, 7) is 5.16. The molecule has 0 amide bonds. The predicted octanol–water partition coefficient (Wildman–Crippen LogP) is 2.14. The minimum absolute atomic E-state index is 0.596. The molecule has 1 heterocycles. The lowest BCUT2D eigenvalue weighted by atomic mass is 10.2. The molecule has 1 fully saturated rings. The summed E-state index contributed by atoms with van der Waals surface area (Å²) in [7, 11) is 0. The van der Waals surface area contributed by atoms with Crippen LogP contribution in [-0.2, 0) is 9.53 Å². The second kappa shape index (κ2) is 3.93. The monoisotopic (exact) mass is 275 g/mol. The third-order valence-electron chi connectivity index (χ3n) is 1.76. The summed E-state index contributed by atoms with van der Waals surface area (Å²) in [4.78, 5) is 11.5. The average Bonchev–Trinajstić information content (AvgIpc) is 2.55. The van der Waals surface area contributed by atoms with Gasteiger partial charge in [0.1, 0.15) is 11.6 Å². The highest BCUT2D eigenvalue weighted by atomic mass is 35.6. The number of alkyl halides is 3. The lowest BCUT2D eigenvalue weighted by molar-refractivity contribution is -0.158. The Labute approximate surface area is 103 Å². The number of hydroxylamine groups is 2. The molecule has 0 aromatic rings. The molecule has 1 rings (SSSR count). The summed E-state index contributed by atoms with van der Waals surface area (Å²) in [5, 5.41) is 9.95. The largest absolute Gasteiger partial charge is 0.459 e. The van der Waals surface area contributed by atoms with Gasteiger partial charge >= 0.3 is 5.97 Å². The molecule has 88 valence electrons. The van der Waals surface area contributed by atoms with Gasteiger partial charge in [-0.3, -0.25) is 4.79 Å².